The molecule has 3 N–H and O–H groups in total. The van der Waals surface area contributed by atoms with Crippen LogP contribution in [-0.4, -0.2) is 29.1 Å². The first-order chi connectivity index (χ1) is 8.97. The first-order valence-corrected chi connectivity index (χ1v) is 7.37. The molecule has 1 atom stereocenters. The van der Waals surface area contributed by atoms with E-state index in [0.717, 1.165) is 31.5 Å². The quantitative estimate of drug-likeness (QED) is 0.901. The number of rotatable bonds is 3. The molecule has 1 unspecified atom stereocenters. The average molecular weight is 303 g/mol. The standard InChI is InChI=1S/C14H20Cl2N2O/c1-9(17)10-2-4-18(5-3-10)8-11-6-12(15)7-13(16)14(11)19/h6-7,9-10,19H,2-5,8,17H2,1H3. The van der Waals surface area contributed by atoms with Crippen LogP contribution in [0.2, 0.25) is 10.0 Å². The molecule has 1 saturated heterocycles. The number of aromatic hydroxyl groups is 1. The minimum atomic E-state index is 0.139. The third-order valence-corrected chi connectivity index (χ3v) is 4.38. The van der Waals surface area contributed by atoms with Crippen molar-refractivity contribution >= 4 is 23.2 Å². The van der Waals surface area contributed by atoms with Crippen LogP contribution in [0.5, 0.6) is 5.75 Å². The van der Waals surface area contributed by atoms with E-state index in [2.05, 4.69) is 11.8 Å². The molecule has 0 radical (unpaired) electrons. The van der Waals surface area contributed by atoms with Crippen LogP contribution in [0.1, 0.15) is 25.3 Å². The average Bonchev–Trinajstić information content (AvgIpc) is 2.36. The van der Waals surface area contributed by atoms with Crippen molar-refractivity contribution in [2.75, 3.05) is 13.1 Å². The van der Waals surface area contributed by atoms with Gasteiger partial charge in [0.2, 0.25) is 0 Å². The third-order valence-electron chi connectivity index (χ3n) is 3.88. The zero-order chi connectivity index (χ0) is 14.0. The lowest BCUT2D eigenvalue weighted by Crippen LogP contribution is -2.39. The molecule has 0 aliphatic carbocycles. The summed E-state index contributed by atoms with van der Waals surface area (Å²) in [6.07, 6.45) is 2.21. The molecular weight excluding hydrogens is 283 g/mol. The van der Waals surface area contributed by atoms with E-state index in [1.807, 2.05) is 0 Å². The fourth-order valence-corrected chi connectivity index (χ4v) is 3.15. The van der Waals surface area contributed by atoms with Crippen LogP contribution >= 0.6 is 23.2 Å². The molecule has 2 rings (SSSR count). The fourth-order valence-electron chi connectivity index (χ4n) is 2.62. The first kappa shape index (κ1) is 14.9. The minimum Gasteiger partial charge on any atom is -0.506 e. The Morgan fingerprint density at radius 1 is 1.37 bits per heavy atom. The fraction of sp³-hybridized carbons (Fsp3) is 0.571. The normalized spacial score (nSPS) is 19.6. The maximum Gasteiger partial charge on any atom is 0.138 e. The van der Waals surface area contributed by atoms with Crippen molar-refractivity contribution in [1.82, 2.24) is 4.90 Å². The number of piperidine rings is 1. The van der Waals surface area contributed by atoms with E-state index in [1.165, 1.54) is 0 Å². The Balaban J connectivity index is 2.00. The van der Waals surface area contributed by atoms with Crippen LogP contribution < -0.4 is 5.73 Å². The summed E-state index contributed by atoms with van der Waals surface area (Å²) in [5, 5.41) is 10.8. The van der Waals surface area contributed by atoms with Crippen molar-refractivity contribution < 1.29 is 5.11 Å². The number of halogens is 2. The number of phenolic OH excluding ortho intramolecular Hbond substituents is 1. The maximum absolute atomic E-state index is 9.96. The second kappa shape index (κ2) is 6.31. The first-order valence-electron chi connectivity index (χ1n) is 6.62. The van der Waals surface area contributed by atoms with Crippen molar-refractivity contribution in [3.05, 3.63) is 27.7 Å². The Morgan fingerprint density at radius 3 is 2.58 bits per heavy atom. The second-order valence-electron chi connectivity index (χ2n) is 5.37. The highest BCUT2D eigenvalue weighted by Crippen LogP contribution is 2.32. The molecular formula is C14H20Cl2N2O. The lowest BCUT2D eigenvalue weighted by molar-refractivity contribution is 0.164. The van der Waals surface area contributed by atoms with Gasteiger partial charge in [0.25, 0.3) is 0 Å². The van der Waals surface area contributed by atoms with Gasteiger partial charge in [-0.2, -0.15) is 0 Å². The van der Waals surface area contributed by atoms with Gasteiger partial charge in [0.15, 0.2) is 0 Å². The highest BCUT2D eigenvalue weighted by molar-refractivity contribution is 6.35. The molecule has 0 bridgehead atoms. The predicted octanol–water partition coefficient (Wildman–Crippen LogP) is 3.26. The number of hydrogen-bond acceptors (Lipinski definition) is 3. The molecule has 5 heteroatoms. The van der Waals surface area contributed by atoms with E-state index >= 15 is 0 Å². The Hall–Kier alpha value is -0.480. The molecule has 1 fully saturated rings. The predicted molar refractivity (Wildman–Crippen MR) is 79.8 cm³/mol. The summed E-state index contributed by atoms with van der Waals surface area (Å²) < 4.78 is 0. The molecule has 1 aromatic carbocycles. The van der Waals surface area contributed by atoms with Gasteiger partial charge in [0.05, 0.1) is 5.02 Å². The molecule has 19 heavy (non-hydrogen) atoms. The molecule has 0 aromatic heterocycles. The highest BCUT2D eigenvalue weighted by Gasteiger charge is 2.22. The van der Waals surface area contributed by atoms with Crippen molar-refractivity contribution in [3.8, 4) is 5.75 Å². The summed E-state index contributed by atoms with van der Waals surface area (Å²) in [5.41, 5.74) is 6.72. The smallest absolute Gasteiger partial charge is 0.138 e. The van der Waals surface area contributed by atoms with Crippen LogP contribution in [-0.2, 0) is 6.54 Å². The number of hydrogen-bond donors (Lipinski definition) is 2. The topological polar surface area (TPSA) is 49.5 Å². The largest absolute Gasteiger partial charge is 0.506 e. The summed E-state index contributed by atoms with van der Waals surface area (Å²) in [7, 11) is 0. The summed E-state index contributed by atoms with van der Waals surface area (Å²) >= 11 is 11.9. The van der Waals surface area contributed by atoms with Crippen LogP contribution in [0.4, 0.5) is 0 Å². The lowest BCUT2D eigenvalue weighted by Gasteiger charge is -2.33. The van der Waals surface area contributed by atoms with Gasteiger partial charge in [-0.1, -0.05) is 23.2 Å². The molecule has 3 nitrogen and oxygen atoms in total. The van der Waals surface area contributed by atoms with Crippen molar-refractivity contribution in [2.45, 2.75) is 32.4 Å². The van der Waals surface area contributed by atoms with Crippen LogP contribution in [0.15, 0.2) is 12.1 Å². The molecule has 106 valence electrons. The SMILES string of the molecule is CC(N)C1CCN(Cc2cc(Cl)cc(Cl)c2O)CC1. The van der Waals surface area contributed by atoms with Crippen LogP contribution in [0.25, 0.3) is 0 Å². The molecule has 1 aliphatic rings. The van der Waals surface area contributed by atoms with Gasteiger partial charge in [-0.3, -0.25) is 4.90 Å². The second-order valence-corrected chi connectivity index (χ2v) is 6.21. The van der Waals surface area contributed by atoms with E-state index < -0.39 is 0 Å². The van der Waals surface area contributed by atoms with Gasteiger partial charge in [0.1, 0.15) is 5.75 Å². The lowest BCUT2D eigenvalue weighted by atomic mass is 9.91. The van der Waals surface area contributed by atoms with Gasteiger partial charge >= 0.3 is 0 Å². The van der Waals surface area contributed by atoms with E-state index in [-0.39, 0.29) is 11.8 Å². The zero-order valence-electron chi connectivity index (χ0n) is 11.1. The number of phenols is 1. The molecule has 1 aliphatic heterocycles. The molecule has 0 saturated carbocycles. The van der Waals surface area contributed by atoms with Crippen LogP contribution in [0.3, 0.4) is 0 Å². The molecule has 1 aromatic rings. The van der Waals surface area contributed by atoms with Gasteiger partial charge in [-0.15, -0.1) is 0 Å². The van der Waals surface area contributed by atoms with Gasteiger partial charge in [0, 0.05) is 23.2 Å². The van der Waals surface area contributed by atoms with E-state index in [9.17, 15) is 5.11 Å². The van der Waals surface area contributed by atoms with E-state index in [1.54, 1.807) is 12.1 Å². The van der Waals surface area contributed by atoms with Gasteiger partial charge in [-0.05, 0) is 50.9 Å². The summed E-state index contributed by atoms with van der Waals surface area (Å²) in [5.74, 6) is 0.744. The van der Waals surface area contributed by atoms with Crippen molar-refractivity contribution in [1.29, 1.82) is 0 Å². The minimum absolute atomic E-state index is 0.139. The van der Waals surface area contributed by atoms with Crippen molar-refractivity contribution in [3.63, 3.8) is 0 Å². The summed E-state index contributed by atoms with van der Waals surface area (Å²) in [4.78, 5) is 2.31. The number of benzene rings is 1. The van der Waals surface area contributed by atoms with Crippen molar-refractivity contribution in [2.24, 2.45) is 11.7 Å². The molecule has 0 amide bonds. The Labute approximate surface area is 124 Å². The highest BCUT2D eigenvalue weighted by atomic mass is 35.5. The van der Waals surface area contributed by atoms with Gasteiger partial charge in [-0.25, -0.2) is 0 Å². The maximum atomic E-state index is 9.96. The Kier molecular flexibility index (Phi) is 4.96. The molecule has 1 heterocycles. The Bertz CT molecular complexity index is 443. The monoisotopic (exact) mass is 302 g/mol. The van der Waals surface area contributed by atoms with Crippen LogP contribution in [0, 0.1) is 5.92 Å². The number of nitrogens with zero attached hydrogens (tertiary/aromatic N) is 1. The van der Waals surface area contributed by atoms with E-state index in [4.69, 9.17) is 28.9 Å². The third kappa shape index (κ3) is 3.76. The summed E-state index contributed by atoms with van der Waals surface area (Å²) in [6.45, 7) is 4.74. The summed E-state index contributed by atoms with van der Waals surface area (Å²) in [6, 6.07) is 3.60. The van der Waals surface area contributed by atoms with E-state index in [0.29, 0.717) is 22.5 Å². The number of likely N-dealkylation sites (tertiary alicyclic amines) is 1. The van der Waals surface area contributed by atoms with Gasteiger partial charge < -0.3 is 10.8 Å². The zero-order valence-corrected chi connectivity index (χ0v) is 12.6. The number of nitrogens with two attached hydrogens (primary N) is 1. The Morgan fingerprint density at radius 2 is 2.00 bits per heavy atom. The molecule has 0 spiro atoms.